The van der Waals surface area contributed by atoms with Crippen LogP contribution in [0.1, 0.15) is 6.42 Å². The van der Waals surface area contributed by atoms with Crippen LogP contribution in [-0.2, 0) is 4.79 Å². The zero-order chi connectivity index (χ0) is 10.1. The molecule has 1 aromatic rings. The average molecular weight is 212 g/mol. The van der Waals surface area contributed by atoms with E-state index in [1.54, 1.807) is 12.1 Å². The van der Waals surface area contributed by atoms with E-state index in [1.807, 2.05) is 11.9 Å². The Hall–Kier alpha value is -1.29. The number of fused-ring (bicyclic) bond motifs is 1. The van der Waals surface area contributed by atoms with Gasteiger partial charge >= 0.3 is 0 Å². The summed E-state index contributed by atoms with van der Waals surface area (Å²) < 4.78 is 0. The monoisotopic (exact) mass is 211 g/mol. The molecule has 0 fully saturated rings. The first kappa shape index (κ1) is 9.27. The lowest BCUT2D eigenvalue weighted by atomic mass is 10.4. The van der Waals surface area contributed by atoms with Crippen LogP contribution in [0.3, 0.4) is 0 Å². The molecule has 2 rings (SSSR count). The van der Waals surface area contributed by atoms with Gasteiger partial charge in [0.15, 0.2) is 5.82 Å². The Balaban J connectivity index is 2.46. The molecule has 0 radical (unpaired) electrons. The molecule has 4 nitrogen and oxygen atoms in total. The van der Waals surface area contributed by atoms with Crippen molar-refractivity contribution in [1.29, 1.82) is 0 Å². The number of nitrogens with one attached hydrogen (secondary N) is 1. The van der Waals surface area contributed by atoms with Crippen molar-refractivity contribution < 1.29 is 4.79 Å². The predicted octanol–water partition coefficient (Wildman–Crippen LogP) is 1.51. The molecular weight excluding hydrogens is 202 g/mol. The van der Waals surface area contributed by atoms with Crippen LogP contribution >= 0.6 is 11.6 Å². The standard InChI is InChI=1S/C9H10ClN3O/c1-13-5-4-8(14)11-6-2-3-7(10)12-9(6)13/h2-3H,4-5H2,1H3,(H,11,14). The summed E-state index contributed by atoms with van der Waals surface area (Å²) in [6, 6.07) is 3.43. The number of amides is 1. The molecule has 0 aliphatic carbocycles. The SMILES string of the molecule is CN1CCC(=O)Nc2ccc(Cl)nc21. The lowest BCUT2D eigenvalue weighted by Gasteiger charge is -2.16. The molecule has 1 N–H and O–H groups in total. The number of carbonyl (C=O) groups excluding carboxylic acids is 1. The first-order valence-corrected chi connectivity index (χ1v) is 4.72. The van der Waals surface area contributed by atoms with Crippen LogP contribution in [0.15, 0.2) is 12.1 Å². The van der Waals surface area contributed by atoms with Crippen molar-refractivity contribution in [1.82, 2.24) is 4.98 Å². The van der Waals surface area contributed by atoms with Crippen LogP contribution in [0.5, 0.6) is 0 Å². The van der Waals surface area contributed by atoms with Crippen molar-refractivity contribution in [3.63, 3.8) is 0 Å². The lowest BCUT2D eigenvalue weighted by Crippen LogP contribution is -2.19. The normalized spacial score (nSPS) is 15.9. The summed E-state index contributed by atoms with van der Waals surface area (Å²) in [4.78, 5) is 17.4. The molecule has 0 aromatic carbocycles. The number of carbonyl (C=O) groups is 1. The van der Waals surface area contributed by atoms with E-state index in [0.717, 1.165) is 11.5 Å². The van der Waals surface area contributed by atoms with Gasteiger partial charge in [0.05, 0.1) is 5.69 Å². The molecule has 5 heteroatoms. The summed E-state index contributed by atoms with van der Waals surface area (Å²) in [5, 5.41) is 3.22. The molecule has 0 atom stereocenters. The van der Waals surface area contributed by atoms with Crippen LogP contribution in [0.25, 0.3) is 0 Å². The maximum absolute atomic E-state index is 11.3. The third-order valence-electron chi connectivity index (χ3n) is 2.15. The maximum atomic E-state index is 11.3. The molecule has 74 valence electrons. The van der Waals surface area contributed by atoms with Crippen LogP contribution in [-0.4, -0.2) is 24.5 Å². The molecule has 14 heavy (non-hydrogen) atoms. The highest BCUT2D eigenvalue weighted by Crippen LogP contribution is 2.26. The number of aromatic nitrogens is 1. The van der Waals surface area contributed by atoms with E-state index in [9.17, 15) is 4.79 Å². The van der Waals surface area contributed by atoms with Crippen molar-refractivity contribution in [2.24, 2.45) is 0 Å². The van der Waals surface area contributed by atoms with Gasteiger partial charge in [-0.2, -0.15) is 0 Å². The first-order valence-electron chi connectivity index (χ1n) is 4.34. The van der Waals surface area contributed by atoms with Crippen LogP contribution in [0.4, 0.5) is 11.5 Å². The summed E-state index contributed by atoms with van der Waals surface area (Å²) in [5.41, 5.74) is 0.722. The minimum atomic E-state index is 0.0136. The maximum Gasteiger partial charge on any atom is 0.226 e. The van der Waals surface area contributed by atoms with Crippen molar-refractivity contribution in [2.45, 2.75) is 6.42 Å². The van der Waals surface area contributed by atoms with E-state index < -0.39 is 0 Å². The summed E-state index contributed by atoms with van der Waals surface area (Å²) in [7, 11) is 1.89. The van der Waals surface area contributed by atoms with Crippen LogP contribution in [0, 0.1) is 0 Å². The molecule has 0 unspecified atom stereocenters. The van der Waals surface area contributed by atoms with Gasteiger partial charge in [-0.15, -0.1) is 0 Å². The zero-order valence-electron chi connectivity index (χ0n) is 7.75. The molecule has 2 heterocycles. The quantitative estimate of drug-likeness (QED) is 0.662. The fourth-order valence-electron chi connectivity index (χ4n) is 1.40. The number of hydrogen-bond acceptors (Lipinski definition) is 3. The Labute approximate surface area is 86.9 Å². The van der Waals surface area contributed by atoms with Crippen molar-refractivity contribution in [2.75, 3.05) is 23.8 Å². The Kier molecular flexibility index (Phi) is 2.29. The van der Waals surface area contributed by atoms with E-state index in [-0.39, 0.29) is 5.91 Å². The van der Waals surface area contributed by atoms with E-state index in [0.29, 0.717) is 18.1 Å². The Morgan fingerprint density at radius 3 is 3.14 bits per heavy atom. The first-order chi connectivity index (χ1) is 6.66. The number of pyridine rings is 1. The van der Waals surface area contributed by atoms with Gasteiger partial charge in [0.2, 0.25) is 5.91 Å². The second-order valence-corrected chi connectivity index (χ2v) is 3.61. The second kappa shape index (κ2) is 3.46. The van der Waals surface area contributed by atoms with Gasteiger partial charge in [-0.05, 0) is 12.1 Å². The largest absolute Gasteiger partial charge is 0.357 e. The van der Waals surface area contributed by atoms with Crippen molar-refractivity contribution >= 4 is 29.0 Å². The highest BCUT2D eigenvalue weighted by molar-refractivity contribution is 6.29. The molecular formula is C9H10ClN3O. The van der Waals surface area contributed by atoms with Gasteiger partial charge in [0, 0.05) is 20.0 Å². The van der Waals surface area contributed by atoms with Gasteiger partial charge in [-0.3, -0.25) is 4.79 Å². The Morgan fingerprint density at radius 1 is 1.57 bits per heavy atom. The highest BCUT2D eigenvalue weighted by atomic mass is 35.5. The van der Waals surface area contributed by atoms with E-state index in [4.69, 9.17) is 11.6 Å². The molecule has 0 bridgehead atoms. The summed E-state index contributed by atoms with van der Waals surface area (Å²) >= 11 is 5.78. The molecule has 0 saturated heterocycles. The highest BCUT2D eigenvalue weighted by Gasteiger charge is 2.17. The minimum Gasteiger partial charge on any atom is -0.357 e. The van der Waals surface area contributed by atoms with Gasteiger partial charge in [0.1, 0.15) is 5.15 Å². The van der Waals surface area contributed by atoms with Gasteiger partial charge in [-0.25, -0.2) is 4.98 Å². The molecule has 1 amide bonds. The topological polar surface area (TPSA) is 45.2 Å². The van der Waals surface area contributed by atoms with Gasteiger partial charge in [0.25, 0.3) is 0 Å². The lowest BCUT2D eigenvalue weighted by molar-refractivity contribution is -0.115. The number of rotatable bonds is 0. The molecule has 0 spiro atoms. The van der Waals surface area contributed by atoms with Crippen molar-refractivity contribution in [3.8, 4) is 0 Å². The minimum absolute atomic E-state index is 0.0136. The second-order valence-electron chi connectivity index (χ2n) is 3.22. The predicted molar refractivity (Wildman–Crippen MR) is 55.8 cm³/mol. The Morgan fingerprint density at radius 2 is 2.36 bits per heavy atom. The van der Waals surface area contributed by atoms with E-state index in [2.05, 4.69) is 10.3 Å². The molecule has 1 aromatic heterocycles. The number of nitrogens with zero attached hydrogens (tertiary/aromatic N) is 2. The summed E-state index contributed by atoms with van der Waals surface area (Å²) in [5.74, 6) is 0.739. The Bertz CT molecular complexity index is 380. The van der Waals surface area contributed by atoms with Crippen LogP contribution in [0.2, 0.25) is 5.15 Å². The third-order valence-corrected chi connectivity index (χ3v) is 2.36. The molecule has 0 saturated carbocycles. The zero-order valence-corrected chi connectivity index (χ0v) is 8.51. The molecule has 1 aliphatic heterocycles. The molecule has 1 aliphatic rings. The fraction of sp³-hybridized carbons (Fsp3) is 0.333. The summed E-state index contributed by atoms with van der Waals surface area (Å²) in [6.07, 6.45) is 0.477. The third kappa shape index (κ3) is 1.65. The smallest absolute Gasteiger partial charge is 0.226 e. The number of anilines is 2. The van der Waals surface area contributed by atoms with E-state index in [1.165, 1.54) is 0 Å². The number of hydrogen-bond donors (Lipinski definition) is 1. The van der Waals surface area contributed by atoms with Crippen molar-refractivity contribution in [3.05, 3.63) is 17.3 Å². The average Bonchev–Trinajstić information content (AvgIpc) is 2.29. The van der Waals surface area contributed by atoms with Crippen LogP contribution < -0.4 is 10.2 Å². The van der Waals surface area contributed by atoms with Gasteiger partial charge in [-0.1, -0.05) is 11.6 Å². The number of halogens is 1. The summed E-state index contributed by atoms with van der Waals surface area (Å²) in [6.45, 7) is 0.659. The van der Waals surface area contributed by atoms with E-state index >= 15 is 0 Å². The van der Waals surface area contributed by atoms with Gasteiger partial charge < -0.3 is 10.2 Å². The fourth-order valence-corrected chi connectivity index (χ4v) is 1.54.